The average molecular weight is 312 g/mol. The van der Waals surface area contributed by atoms with E-state index in [0.29, 0.717) is 5.75 Å². The van der Waals surface area contributed by atoms with Gasteiger partial charge in [0.15, 0.2) is 0 Å². The van der Waals surface area contributed by atoms with Crippen molar-refractivity contribution in [2.24, 2.45) is 0 Å². The van der Waals surface area contributed by atoms with Gasteiger partial charge in [0.25, 0.3) is 0 Å². The Labute approximate surface area is 142 Å². The van der Waals surface area contributed by atoms with E-state index in [2.05, 4.69) is 62.4 Å². The maximum Gasteiger partial charge on any atom is 0.126 e. The molecule has 0 atom stereocenters. The summed E-state index contributed by atoms with van der Waals surface area (Å²) in [5.74, 6) is 0.382. The van der Waals surface area contributed by atoms with Gasteiger partial charge in [-0.2, -0.15) is 0 Å². The Morgan fingerprint density at radius 3 is 1.75 bits per heavy atom. The lowest BCUT2D eigenvalue weighted by Gasteiger charge is -2.18. The summed E-state index contributed by atoms with van der Waals surface area (Å²) in [6, 6.07) is 21.0. The van der Waals surface area contributed by atoms with Crippen molar-refractivity contribution < 1.29 is 5.11 Å². The van der Waals surface area contributed by atoms with Gasteiger partial charge in [-0.25, -0.2) is 0 Å². The monoisotopic (exact) mass is 312 g/mol. The molecular formula is C23H20O. The quantitative estimate of drug-likeness (QED) is 0.438. The largest absolute Gasteiger partial charge is 0.507 e. The normalized spacial score (nSPS) is 11.3. The van der Waals surface area contributed by atoms with Gasteiger partial charge >= 0.3 is 0 Å². The molecule has 0 aliphatic rings. The van der Waals surface area contributed by atoms with Crippen molar-refractivity contribution in [1.82, 2.24) is 0 Å². The van der Waals surface area contributed by atoms with Gasteiger partial charge in [-0.1, -0.05) is 54.6 Å². The lowest BCUT2D eigenvalue weighted by Crippen LogP contribution is -1.93. The minimum Gasteiger partial charge on any atom is -0.507 e. The first-order valence-corrected chi connectivity index (χ1v) is 8.28. The first-order chi connectivity index (χ1) is 11.6. The Balaban J connectivity index is 2.26. The van der Waals surface area contributed by atoms with Gasteiger partial charge < -0.3 is 5.11 Å². The van der Waals surface area contributed by atoms with Crippen LogP contribution in [0.3, 0.4) is 0 Å². The fourth-order valence-electron chi connectivity index (χ4n) is 3.64. The van der Waals surface area contributed by atoms with E-state index in [9.17, 15) is 5.11 Å². The highest BCUT2D eigenvalue weighted by molar-refractivity contribution is 6.09. The summed E-state index contributed by atoms with van der Waals surface area (Å²) in [4.78, 5) is 0. The molecule has 0 radical (unpaired) electrons. The molecule has 0 amide bonds. The number of aromatic hydroxyl groups is 1. The molecule has 1 nitrogen and oxygen atoms in total. The van der Waals surface area contributed by atoms with Crippen LogP contribution in [0.4, 0.5) is 0 Å². The van der Waals surface area contributed by atoms with Crippen molar-refractivity contribution in [3.8, 4) is 16.9 Å². The summed E-state index contributed by atoms with van der Waals surface area (Å²) < 4.78 is 0. The molecule has 0 fully saturated rings. The maximum atomic E-state index is 10.9. The first kappa shape index (κ1) is 14.8. The van der Waals surface area contributed by atoms with Gasteiger partial charge in [0.05, 0.1) is 0 Å². The van der Waals surface area contributed by atoms with E-state index in [1.807, 2.05) is 19.1 Å². The third kappa shape index (κ3) is 2.09. The molecule has 0 saturated carbocycles. The van der Waals surface area contributed by atoms with Gasteiger partial charge in [-0.3, -0.25) is 0 Å². The number of rotatable bonds is 1. The fourth-order valence-corrected chi connectivity index (χ4v) is 3.64. The molecule has 118 valence electrons. The van der Waals surface area contributed by atoms with Crippen LogP contribution in [0.25, 0.3) is 32.7 Å². The van der Waals surface area contributed by atoms with E-state index in [0.717, 1.165) is 27.5 Å². The molecule has 4 aromatic carbocycles. The number of aryl methyl sites for hydroxylation is 2. The number of benzene rings is 4. The fraction of sp³-hybridized carbons (Fsp3) is 0.130. The number of phenolic OH excluding ortho intramolecular Hbond substituents is 1. The van der Waals surface area contributed by atoms with Crippen molar-refractivity contribution in [2.45, 2.75) is 20.8 Å². The molecule has 24 heavy (non-hydrogen) atoms. The summed E-state index contributed by atoms with van der Waals surface area (Å²) in [7, 11) is 0. The standard InChI is InChI=1S/C23H20O/c1-14-12-17-8-4-6-10-19(17)21(16(14)3)22-20-11-7-5-9-18(20)13-15(2)23(22)24/h4-13,24H,1-3H3. The van der Waals surface area contributed by atoms with Gasteiger partial charge in [-0.15, -0.1) is 0 Å². The SMILES string of the molecule is Cc1cc2ccccc2c(-c2c(O)c(C)cc3ccccc23)c1C. The van der Waals surface area contributed by atoms with Crippen LogP contribution in [0.15, 0.2) is 60.7 Å². The topological polar surface area (TPSA) is 20.2 Å². The lowest BCUT2D eigenvalue weighted by atomic mass is 9.87. The summed E-state index contributed by atoms with van der Waals surface area (Å²) in [6.07, 6.45) is 0. The second-order valence-electron chi connectivity index (χ2n) is 6.55. The van der Waals surface area contributed by atoms with E-state index in [-0.39, 0.29) is 0 Å². The molecule has 1 heteroatoms. The molecule has 0 aliphatic carbocycles. The van der Waals surface area contributed by atoms with Crippen LogP contribution in [0, 0.1) is 20.8 Å². The smallest absolute Gasteiger partial charge is 0.126 e. The van der Waals surface area contributed by atoms with Gasteiger partial charge in [-0.05, 0) is 70.6 Å². The van der Waals surface area contributed by atoms with Crippen LogP contribution in [0.5, 0.6) is 5.75 Å². The van der Waals surface area contributed by atoms with E-state index in [1.54, 1.807) is 0 Å². The third-order valence-corrected chi connectivity index (χ3v) is 5.03. The van der Waals surface area contributed by atoms with Crippen molar-refractivity contribution >= 4 is 21.5 Å². The van der Waals surface area contributed by atoms with E-state index in [1.165, 1.54) is 21.9 Å². The third-order valence-electron chi connectivity index (χ3n) is 5.03. The Kier molecular flexibility index (Phi) is 3.31. The van der Waals surface area contributed by atoms with Crippen LogP contribution in [0.2, 0.25) is 0 Å². The number of phenols is 1. The second-order valence-corrected chi connectivity index (χ2v) is 6.55. The average Bonchev–Trinajstić information content (AvgIpc) is 2.58. The summed E-state index contributed by atoms with van der Waals surface area (Å²) in [5.41, 5.74) is 5.47. The van der Waals surface area contributed by atoms with Crippen LogP contribution in [-0.4, -0.2) is 5.11 Å². The summed E-state index contributed by atoms with van der Waals surface area (Å²) >= 11 is 0. The molecule has 0 aliphatic heterocycles. The zero-order valence-electron chi connectivity index (χ0n) is 14.2. The minimum atomic E-state index is 0.382. The lowest BCUT2D eigenvalue weighted by molar-refractivity contribution is 0.474. The van der Waals surface area contributed by atoms with Crippen LogP contribution < -0.4 is 0 Å². The molecule has 0 spiro atoms. The molecule has 4 rings (SSSR count). The van der Waals surface area contributed by atoms with E-state index in [4.69, 9.17) is 0 Å². The molecule has 1 N–H and O–H groups in total. The van der Waals surface area contributed by atoms with Crippen LogP contribution >= 0.6 is 0 Å². The van der Waals surface area contributed by atoms with Crippen molar-refractivity contribution in [1.29, 1.82) is 0 Å². The maximum absolute atomic E-state index is 10.9. The minimum absolute atomic E-state index is 0.382. The number of fused-ring (bicyclic) bond motifs is 2. The zero-order valence-corrected chi connectivity index (χ0v) is 14.2. The Bertz CT molecular complexity index is 1000. The molecule has 4 aromatic rings. The van der Waals surface area contributed by atoms with Gasteiger partial charge in [0.1, 0.15) is 5.75 Å². The van der Waals surface area contributed by atoms with Crippen LogP contribution in [-0.2, 0) is 0 Å². The van der Waals surface area contributed by atoms with Crippen LogP contribution in [0.1, 0.15) is 16.7 Å². The Morgan fingerprint density at radius 1 is 0.625 bits per heavy atom. The highest BCUT2D eigenvalue weighted by Crippen LogP contribution is 2.44. The Morgan fingerprint density at radius 2 is 1.12 bits per heavy atom. The number of hydrogen-bond acceptors (Lipinski definition) is 1. The summed E-state index contributed by atoms with van der Waals surface area (Å²) in [6.45, 7) is 6.26. The summed E-state index contributed by atoms with van der Waals surface area (Å²) in [5, 5.41) is 15.6. The van der Waals surface area contributed by atoms with Gasteiger partial charge in [0, 0.05) is 5.56 Å². The molecule has 0 aromatic heterocycles. The molecule has 0 heterocycles. The molecule has 0 bridgehead atoms. The molecular weight excluding hydrogens is 292 g/mol. The van der Waals surface area contributed by atoms with Crippen molar-refractivity contribution in [2.75, 3.05) is 0 Å². The second kappa shape index (κ2) is 5.38. The molecule has 0 saturated heterocycles. The highest BCUT2D eigenvalue weighted by Gasteiger charge is 2.17. The zero-order chi connectivity index (χ0) is 16.8. The van der Waals surface area contributed by atoms with E-state index < -0.39 is 0 Å². The van der Waals surface area contributed by atoms with Crippen molar-refractivity contribution in [3.05, 3.63) is 77.4 Å². The number of hydrogen-bond donors (Lipinski definition) is 1. The Hall–Kier alpha value is -2.80. The first-order valence-electron chi connectivity index (χ1n) is 8.28. The van der Waals surface area contributed by atoms with Gasteiger partial charge in [0.2, 0.25) is 0 Å². The predicted molar refractivity (Wildman–Crippen MR) is 103 cm³/mol. The van der Waals surface area contributed by atoms with E-state index >= 15 is 0 Å². The predicted octanol–water partition coefficient (Wildman–Crippen LogP) is 6.29. The van der Waals surface area contributed by atoms with Crippen molar-refractivity contribution in [3.63, 3.8) is 0 Å². The molecule has 0 unspecified atom stereocenters. The highest BCUT2D eigenvalue weighted by atomic mass is 16.3.